The Morgan fingerprint density at radius 2 is 2.24 bits per heavy atom. The Labute approximate surface area is 130 Å². The monoisotopic (exact) mass is 322 g/mol. The summed E-state index contributed by atoms with van der Waals surface area (Å²) >= 11 is 7.18. The Kier molecular flexibility index (Phi) is 3.94. The Morgan fingerprint density at radius 1 is 1.38 bits per heavy atom. The number of furan rings is 1. The molecule has 1 aromatic carbocycles. The van der Waals surface area contributed by atoms with Crippen molar-refractivity contribution in [3.8, 4) is 0 Å². The Morgan fingerprint density at radius 3 is 2.95 bits per heavy atom. The van der Waals surface area contributed by atoms with Gasteiger partial charge in [-0.2, -0.15) is 0 Å². The minimum absolute atomic E-state index is 0.0970. The molecule has 0 aliphatic heterocycles. The summed E-state index contributed by atoms with van der Waals surface area (Å²) in [4.78, 5) is 5.27. The maximum atomic E-state index is 13.5. The molecule has 3 aromatic rings. The van der Waals surface area contributed by atoms with E-state index in [9.17, 15) is 4.39 Å². The van der Waals surface area contributed by atoms with E-state index in [-0.39, 0.29) is 5.02 Å². The third kappa shape index (κ3) is 3.09. The van der Waals surface area contributed by atoms with E-state index < -0.39 is 5.82 Å². The molecule has 0 saturated carbocycles. The zero-order valence-corrected chi connectivity index (χ0v) is 12.8. The summed E-state index contributed by atoms with van der Waals surface area (Å²) in [5, 5.41) is 2.10. The van der Waals surface area contributed by atoms with E-state index >= 15 is 0 Å². The fourth-order valence-electron chi connectivity index (χ4n) is 1.92. The minimum atomic E-state index is -0.469. The van der Waals surface area contributed by atoms with Crippen molar-refractivity contribution in [2.24, 2.45) is 4.99 Å². The largest absolute Gasteiger partial charge is 0.467 e. The second kappa shape index (κ2) is 5.87. The van der Waals surface area contributed by atoms with Crippen molar-refractivity contribution >= 4 is 28.6 Å². The summed E-state index contributed by atoms with van der Waals surface area (Å²) in [5.41, 5.74) is 1.61. The second-order valence-corrected chi connectivity index (χ2v) is 5.78. The molecule has 21 heavy (non-hydrogen) atoms. The standard InChI is InChI=1S/C15H12ClFN2OS/c1-10-9-21-15(19(10)8-12-3-2-6-20-12)18-11-4-5-13(16)14(17)7-11/h2-7,9H,8H2,1H3. The minimum Gasteiger partial charge on any atom is -0.467 e. The van der Waals surface area contributed by atoms with E-state index in [0.29, 0.717) is 12.2 Å². The summed E-state index contributed by atoms with van der Waals surface area (Å²) in [7, 11) is 0. The topological polar surface area (TPSA) is 30.4 Å². The highest BCUT2D eigenvalue weighted by molar-refractivity contribution is 7.07. The van der Waals surface area contributed by atoms with Gasteiger partial charge in [-0.3, -0.25) is 0 Å². The van der Waals surface area contributed by atoms with Crippen LogP contribution in [0, 0.1) is 12.7 Å². The van der Waals surface area contributed by atoms with Crippen molar-refractivity contribution in [1.82, 2.24) is 4.57 Å². The average molecular weight is 323 g/mol. The molecule has 0 fully saturated rings. The maximum Gasteiger partial charge on any atom is 0.190 e. The second-order valence-electron chi connectivity index (χ2n) is 4.54. The highest BCUT2D eigenvalue weighted by atomic mass is 35.5. The molecule has 0 N–H and O–H groups in total. The Hall–Kier alpha value is -1.85. The molecule has 0 radical (unpaired) electrons. The third-order valence-corrected chi connectivity index (χ3v) is 4.30. The lowest BCUT2D eigenvalue weighted by Gasteiger charge is -2.03. The molecule has 0 bridgehead atoms. The number of hydrogen-bond donors (Lipinski definition) is 0. The first kappa shape index (κ1) is 14.1. The van der Waals surface area contributed by atoms with Crippen LogP contribution in [0.3, 0.4) is 0 Å². The summed E-state index contributed by atoms with van der Waals surface area (Å²) < 4.78 is 20.9. The molecule has 0 aliphatic carbocycles. The molecule has 6 heteroatoms. The summed E-state index contributed by atoms with van der Waals surface area (Å²) in [5.74, 6) is 0.379. The van der Waals surface area contributed by atoms with Crippen LogP contribution in [0.2, 0.25) is 5.02 Å². The van der Waals surface area contributed by atoms with Crippen LogP contribution in [-0.4, -0.2) is 4.57 Å². The highest BCUT2D eigenvalue weighted by Crippen LogP contribution is 2.20. The number of aryl methyl sites for hydroxylation is 1. The SMILES string of the molecule is Cc1csc(=Nc2ccc(Cl)c(F)c2)n1Cc1ccco1. The van der Waals surface area contributed by atoms with E-state index in [0.717, 1.165) is 16.3 Å². The number of benzene rings is 1. The van der Waals surface area contributed by atoms with Crippen molar-refractivity contribution < 1.29 is 8.81 Å². The lowest BCUT2D eigenvalue weighted by Crippen LogP contribution is -2.16. The van der Waals surface area contributed by atoms with Gasteiger partial charge in [0.25, 0.3) is 0 Å². The van der Waals surface area contributed by atoms with Crippen molar-refractivity contribution in [3.63, 3.8) is 0 Å². The van der Waals surface area contributed by atoms with Crippen LogP contribution in [0.4, 0.5) is 10.1 Å². The number of aromatic nitrogens is 1. The molecule has 2 heterocycles. The smallest absolute Gasteiger partial charge is 0.190 e. The molecule has 0 aliphatic rings. The van der Waals surface area contributed by atoms with Gasteiger partial charge in [0, 0.05) is 17.1 Å². The average Bonchev–Trinajstić information content (AvgIpc) is 3.08. The van der Waals surface area contributed by atoms with E-state index in [4.69, 9.17) is 16.0 Å². The third-order valence-electron chi connectivity index (χ3n) is 3.01. The molecule has 0 saturated heterocycles. The molecule has 0 amide bonds. The van der Waals surface area contributed by atoms with E-state index in [1.165, 1.54) is 23.5 Å². The first-order valence-corrected chi connectivity index (χ1v) is 7.56. The number of halogens is 2. The van der Waals surface area contributed by atoms with Crippen LogP contribution in [-0.2, 0) is 6.54 Å². The Bertz CT molecular complexity index is 821. The molecule has 108 valence electrons. The van der Waals surface area contributed by atoms with Gasteiger partial charge in [0.15, 0.2) is 4.80 Å². The van der Waals surface area contributed by atoms with Crippen LogP contribution in [0.1, 0.15) is 11.5 Å². The van der Waals surface area contributed by atoms with Gasteiger partial charge < -0.3 is 8.98 Å². The van der Waals surface area contributed by atoms with Gasteiger partial charge in [-0.1, -0.05) is 11.6 Å². The number of thiazole rings is 1. The summed E-state index contributed by atoms with van der Waals surface area (Å²) in [6.45, 7) is 2.60. The van der Waals surface area contributed by atoms with Crippen molar-refractivity contribution in [2.75, 3.05) is 0 Å². The van der Waals surface area contributed by atoms with Crippen molar-refractivity contribution in [1.29, 1.82) is 0 Å². The van der Waals surface area contributed by atoms with Crippen LogP contribution >= 0.6 is 22.9 Å². The van der Waals surface area contributed by atoms with Crippen LogP contribution < -0.4 is 4.80 Å². The number of nitrogens with zero attached hydrogens (tertiary/aromatic N) is 2. The molecular weight excluding hydrogens is 311 g/mol. The van der Waals surface area contributed by atoms with Gasteiger partial charge in [0.05, 0.1) is 23.5 Å². The highest BCUT2D eigenvalue weighted by Gasteiger charge is 2.05. The van der Waals surface area contributed by atoms with Gasteiger partial charge >= 0.3 is 0 Å². The fourth-order valence-corrected chi connectivity index (χ4v) is 2.93. The zero-order chi connectivity index (χ0) is 14.8. The number of rotatable bonds is 3. The van der Waals surface area contributed by atoms with Crippen molar-refractivity contribution in [3.05, 3.63) is 69.1 Å². The van der Waals surface area contributed by atoms with Crippen LogP contribution in [0.15, 0.2) is 51.4 Å². The fraction of sp³-hybridized carbons (Fsp3) is 0.133. The van der Waals surface area contributed by atoms with Crippen molar-refractivity contribution in [2.45, 2.75) is 13.5 Å². The lowest BCUT2D eigenvalue weighted by molar-refractivity contribution is 0.488. The van der Waals surface area contributed by atoms with Gasteiger partial charge in [-0.25, -0.2) is 9.38 Å². The van der Waals surface area contributed by atoms with Gasteiger partial charge in [0.1, 0.15) is 11.6 Å². The first-order valence-electron chi connectivity index (χ1n) is 6.30. The molecule has 0 spiro atoms. The molecular formula is C15H12ClFN2OS. The van der Waals surface area contributed by atoms with E-state index in [1.54, 1.807) is 12.3 Å². The van der Waals surface area contributed by atoms with Gasteiger partial charge in [0.2, 0.25) is 0 Å². The molecule has 3 nitrogen and oxygen atoms in total. The van der Waals surface area contributed by atoms with E-state index in [2.05, 4.69) is 4.99 Å². The first-order chi connectivity index (χ1) is 10.1. The zero-order valence-electron chi connectivity index (χ0n) is 11.2. The van der Waals surface area contributed by atoms with Crippen LogP contribution in [0.5, 0.6) is 0 Å². The Balaban J connectivity index is 2.02. The van der Waals surface area contributed by atoms with E-state index in [1.807, 2.05) is 29.0 Å². The molecule has 3 rings (SSSR count). The number of hydrogen-bond acceptors (Lipinski definition) is 3. The molecule has 0 atom stereocenters. The normalized spacial score (nSPS) is 12.0. The lowest BCUT2D eigenvalue weighted by atomic mass is 10.3. The summed E-state index contributed by atoms with van der Waals surface area (Å²) in [6.07, 6.45) is 1.64. The quantitative estimate of drug-likeness (QED) is 0.697. The maximum absolute atomic E-state index is 13.5. The predicted molar refractivity (Wildman–Crippen MR) is 81.5 cm³/mol. The molecule has 0 unspecified atom stereocenters. The van der Waals surface area contributed by atoms with Gasteiger partial charge in [-0.15, -0.1) is 11.3 Å². The molecule has 2 aromatic heterocycles. The van der Waals surface area contributed by atoms with Crippen LogP contribution in [0.25, 0.3) is 0 Å². The summed E-state index contributed by atoms with van der Waals surface area (Å²) in [6, 6.07) is 8.29. The predicted octanol–water partition coefficient (Wildman–Crippen LogP) is 4.52. The van der Waals surface area contributed by atoms with Gasteiger partial charge in [-0.05, 0) is 31.2 Å².